The van der Waals surface area contributed by atoms with Crippen LogP contribution in [0.1, 0.15) is 15.3 Å². The number of aromatic amines is 1. The first-order chi connectivity index (χ1) is 11.7. The Hall–Kier alpha value is -1.35. The summed E-state index contributed by atoms with van der Waals surface area (Å²) in [5.41, 5.74) is 2.33. The molecule has 0 saturated carbocycles. The standard InChI is InChI=1S/C16H10Br2N4S2/c17-10-5-13(23-7-10)14(18)11-6-12(9-1-3-19-4-2-9)24-15(11)16-20-8-21-22-16/h1-8,14H,(H,20,21,22). The molecule has 0 fully saturated rings. The van der Waals surface area contributed by atoms with Crippen LogP contribution in [0.15, 0.2) is 52.8 Å². The molecule has 120 valence electrons. The third-order valence-electron chi connectivity index (χ3n) is 3.47. The molecule has 0 aliphatic carbocycles. The van der Waals surface area contributed by atoms with E-state index >= 15 is 0 Å². The van der Waals surface area contributed by atoms with Gasteiger partial charge in [-0.1, -0.05) is 15.9 Å². The highest BCUT2D eigenvalue weighted by atomic mass is 79.9. The zero-order valence-corrected chi connectivity index (χ0v) is 16.9. The average Bonchev–Trinajstić information content (AvgIpc) is 3.35. The van der Waals surface area contributed by atoms with Crippen molar-refractivity contribution in [1.82, 2.24) is 20.2 Å². The molecule has 8 heteroatoms. The summed E-state index contributed by atoms with van der Waals surface area (Å²) >= 11 is 10.8. The molecule has 24 heavy (non-hydrogen) atoms. The van der Waals surface area contributed by atoms with Gasteiger partial charge in [0.05, 0.1) is 9.70 Å². The second-order valence-corrected chi connectivity index (χ2v) is 8.82. The topological polar surface area (TPSA) is 54.5 Å². The number of pyridine rings is 1. The number of nitrogens with zero attached hydrogens (tertiary/aromatic N) is 3. The highest BCUT2D eigenvalue weighted by Crippen LogP contribution is 2.45. The lowest BCUT2D eigenvalue weighted by Gasteiger charge is -2.07. The Balaban J connectivity index is 1.84. The van der Waals surface area contributed by atoms with Crippen molar-refractivity contribution >= 4 is 54.5 Å². The van der Waals surface area contributed by atoms with Crippen molar-refractivity contribution in [1.29, 1.82) is 0 Å². The summed E-state index contributed by atoms with van der Waals surface area (Å²) in [6.45, 7) is 0. The molecular formula is C16H10Br2N4S2. The molecule has 0 saturated heterocycles. The van der Waals surface area contributed by atoms with Crippen LogP contribution in [-0.4, -0.2) is 20.2 Å². The molecule has 4 aromatic heterocycles. The van der Waals surface area contributed by atoms with Crippen LogP contribution in [0.4, 0.5) is 0 Å². The van der Waals surface area contributed by atoms with Crippen molar-refractivity contribution in [2.24, 2.45) is 0 Å². The maximum Gasteiger partial charge on any atom is 0.171 e. The summed E-state index contributed by atoms with van der Waals surface area (Å²) in [6, 6.07) is 8.39. The van der Waals surface area contributed by atoms with Crippen LogP contribution in [0.5, 0.6) is 0 Å². The number of alkyl halides is 1. The first-order valence-corrected chi connectivity index (χ1v) is 10.4. The highest BCUT2D eigenvalue weighted by Gasteiger charge is 2.22. The number of thiophene rings is 2. The number of hydrogen-bond donors (Lipinski definition) is 1. The Labute approximate surface area is 163 Å². The third kappa shape index (κ3) is 3.11. The van der Waals surface area contributed by atoms with Crippen LogP contribution in [0.25, 0.3) is 21.1 Å². The number of hydrogen-bond acceptors (Lipinski definition) is 5. The van der Waals surface area contributed by atoms with E-state index in [9.17, 15) is 0 Å². The van der Waals surface area contributed by atoms with Crippen molar-refractivity contribution in [3.05, 3.63) is 63.3 Å². The van der Waals surface area contributed by atoms with Gasteiger partial charge in [0.2, 0.25) is 0 Å². The largest absolute Gasteiger partial charge is 0.327 e. The Morgan fingerprint density at radius 2 is 2.00 bits per heavy atom. The van der Waals surface area contributed by atoms with Gasteiger partial charge >= 0.3 is 0 Å². The molecule has 1 N–H and O–H groups in total. The fourth-order valence-electron chi connectivity index (χ4n) is 2.37. The van der Waals surface area contributed by atoms with E-state index in [0.717, 1.165) is 20.7 Å². The monoisotopic (exact) mass is 480 g/mol. The van der Waals surface area contributed by atoms with Gasteiger partial charge in [-0.3, -0.25) is 4.98 Å². The maximum atomic E-state index is 4.20. The Morgan fingerprint density at radius 1 is 1.17 bits per heavy atom. The summed E-state index contributed by atoms with van der Waals surface area (Å²) in [6.07, 6.45) is 5.23. The van der Waals surface area contributed by atoms with Crippen molar-refractivity contribution in [3.8, 4) is 21.1 Å². The average molecular weight is 482 g/mol. The van der Waals surface area contributed by atoms with Gasteiger partial charge in [0, 0.05) is 32.0 Å². The second-order valence-electron chi connectivity index (χ2n) is 5.00. The summed E-state index contributed by atoms with van der Waals surface area (Å²) in [5, 5.41) is 10.2. The van der Waals surface area contributed by atoms with Crippen molar-refractivity contribution in [2.45, 2.75) is 4.83 Å². The first-order valence-electron chi connectivity index (χ1n) is 7.01. The zero-order valence-electron chi connectivity index (χ0n) is 12.1. The number of aromatic nitrogens is 4. The van der Waals surface area contributed by atoms with Crippen molar-refractivity contribution < 1.29 is 0 Å². The predicted octanol–water partition coefficient (Wildman–Crippen LogP) is 5.90. The van der Waals surface area contributed by atoms with Gasteiger partial charge in [-0.05, 0) is 51.3 Å². The molecule has 0 aromatic carbocycles. The van der Waals surface area contributed by atoms with Crippen LogP contribution >= 0.6 is 54.5 Å². The van der Waals surface area contributed by atoms with E-state index in [1.165, 1.54) is 15.3 Å². The molecular weight excluding hydrogens is 472 g/mol. The molecule has 4 nitrogen and oxygen atoms in total. The summed E-state index contributed by atoms with van der Waals surface area (Å²) in [7, 11) is 0. The molecule has 0 spiro atoms. The van der Waals surface area contributed by atoms with Gasteiger partial charge in [-0.15, -0.1) is 32.9 Å². The predicted molar refractivity (Wildman–Crippen MR) is 106 cm³/mol. The normalized spacial score (nSPS) is 12.4. The third-order valence-corrected chi connectivity index (χ3v) is 7.72. The molecule has 1 atom stereocenters. The van der Waals surface area contributed by atoms with Gasteiger partial charge in [-0.25, -0.2) is 0 Å². The van der Waals surface area contributed by atoms with Gasteiger partial charge in [0.1, 0.15) is 6.33 Å². The fraction of sp³-hybridized carbons (Fsp3) is 0.0625. The number of H-pyrrole nitrogens is 1. The van der Waals surface area contributed by atoms with Gasteiger partial charge in [0.15, 0.2) is 5.82 Å². The highest BCUT2D eigenvalue weighted by molar-refractivity contribution is 9.10. The van der Waals surface area contributed by atoms with Crippen molar-refractivity contribution in [2.75, 3.05) is 0 Å². The van der Waals surface area contributed by atoms with E-state index < -0.39 is 0 Å². The van der Waals surface area contributed by atoms with Gasteiger partial charge in [-0.2, -0.15) is 0 Å². The molecule has 0 amide bonds. The molecule has 0 aliphatic heterocycles. The lowest BCUT2D eigenvalue weighted by molar-refractivity contribution is 1.09. The molecule has 4 heterocycles. The Kier molecular flexibility index (Phi) is 4.62. The number of nitrogens with one attached hydrogen (secondary N) is 1. The summed E-state index contributed by atoms with van der Waals surface area (Å²) in [4.78, 5) is 10.8. The Morgan fingerprint density at radius 3 is 2.67 bits per heavy atom. The molecule has 4 aromatic rings. The smallest absolute Gasteiger partial charge is 0.171 e. The maximum absolute atomic E-state index is 4.20. The molecule has 0 bridgehead atoms. The minimum absolute atomic E-state index is 0.0979. The van der Waals surface area contributed by atoms with Crippen LogP contribution in [0.3, 0.4) is 0 Å². The molecule has 1 unspecified atom stereocenters. The first kappa shape index (κ1) is 16.1. The quantitative estimate of drug-likeness (QED) is 0.369. The molecule has 4 rings (SSSR count). The zero-order chi connectivity index (χ0) is 16.5. The van der Waals surface area contributed by atoms with E-state index in [1.54, 1.807) is 29.0 Å². The fourth-order valence-corrected chi connectivity index (χ4v) is 5.92. The lowest BCUT2D eigenvalue weighted by Crippen LogP contribution is -1.90. The number of rotatable bonds is 4. The summed E-state index contributed by atoms with van der Waals surface area (Å²) < 4.78 is 1.10. The van der Waals surface area contributed by atoms with E-state index in [0.29, 0.717) is 0 Å². The molecule has 0 aliphatic rings. The molecule has 0 radical (unpaired) electrons. The van der Waals surface area contributed by atoms with E-state index in [4.69, 9.17) is 0 Å². The van der Waals surface area contributed by atoms with Crippen LogP contribution in [-0.2, 0) is 0 Å². The van der Waals surface area contributed by atoms with E-state index in [-0.39, 0.29) is 4.83 Å². The van der Waals surface area contributed by atoms with Crippen molar-refractivity contribution in [3.63, 3.8) is 0 Å². The van der Waals surface area contributed by atoms with Crippen LogP contribution in [0, 0.1) is 0 Å². The van der Waals surface area contributed by atoms with Crippen LogP contribution in [0.2, 0.25) is 0 Å². The second kappa shape index (κ2) is 6.87. The van der Waals surface area contributed by atoms with Gasteiger partial charge < -0.3 is 4.98 Å². The van der Waals surface area contributed by atoms with E-state index in [1.807, 2.05) is 24.5 Å². The lowest BCUT2D eigenvalue weighted by atomic mass is 10.1. The van der Waals surface area contributed by atoms with Crippen LogP contribution < -0.4 is 0 Å². The number of halogens is 2. The van der Waals surface area contributed by atoms with E-state index in [2.05, 4.69) is 69.5 Å². The summed E-state index contributed by atoms with van der Waals surface area (Å²) in [5.74, 6) is 0.787. The SMILES string of the molecule is Brc1csc(C(Br)c2cc(-c3ccncc3)sc2-c2nnc[nH]2)c1. The minimum atomic E-state index is 0.0979. The minimum Gasteiger partial charge on any atom is -0.327 e. The Bertz CT molecular complexity index is 948. The van der Waals surface area contributed by atoms with Gasteiger partial charge in [0.25, 0.3) is 0 Å².